The molecule has 7 heteroatoms. The van der Waals surface area contributed by atoms with Crippen LogP contribution in [0.2, 0.25) is 0 Å². The van der Waals surface area contributed by atoms with Gasteiger partial charge in [0, 0.05) is 30.2 Å². The normalized spacial score (nSPS) is 12.5. The Kier molecular flexibility index (Phi) is 6.06. The predicted octanol–water partition coefficient (Wildman–Crippen LogP) is 2.90. The molecule has 0 N–H and O–H groups in total. The van der Waals surface area contributed by atoms with Crippen LogP contribution in [0.4, 0.5) is 26.3 Å². The fraction of sp³-hybridized carbons (Fsp3) is 1.00. The van der Waals surface area contributed by atoms with Gasteiger partial charge >= 0.3 is 12.4 Å². The maximum atomic E-state index is 11.3. The summed E-state index contributed by atoms with van der Waals surface area (Å²) in [6, 6.07) is 0. The third-order valence-electron chi connectivity index (χ3n) is 0.921. The van der Waals surface area contributed by atoms with Crippen molar-refractivity contribution in [2.45, 2.75) is 31.6 Å². The average Bonchev–Trinajstić information content (AvgIpc) is 1.55. The van der Waals surface area contributed by atoms with Gasteiger partial charge in [-0.25, -0.2) is 0 Å². The zero-order valence-electron chi connectivity index (χ0n) is 5.97. The highest BCUT2D eigenvalue weighted by Gasteiger charge is 2.31. The second kappa shape index (κ2) is 4.98. The molecule has 0 heterocycles. The van der Waals surface area contributed by atoms with Gasteiger partial charge in [0.15, 0.2) is 0 Å². The fourth-order valence-corrected chi connectivity index (χ4v) is 0.489. The van der Waals surface area contributed by atoms with Gasteiger partial charge in [0.05, 0.1) is 0 Å². The van der Waals surface area contributed by atoms with Crippen molar-refractivity contribution in [3.63, 3.8) is 0 Å². The Morgan fingerprint density at radius 2 is 0.917 bits per heavy atom. The van der Waals surface area contributed by atoms with Crippen LogP contribution in [-0.2, 0) is 0 Å². The minimum Gasteiger partial charge on any atom is -0.171 e. The van der Waals surface area contributed by atoms with E-state index in [1.807, 2.05) is 0 Å². The Morgan fingerprint density at radius 3 is 1.08 bits per heavy atom. The molecule has 0 aromatic rings. The first kappa shape index (κ1) is 14.6. The molecule has 0 fully saturated rings. The van der Waals surface area contributed by atoms with Crippen LogP contribution in [0, 0.1) is 0 Å². The van der Waals surface area contributed by atoms with Crippen molar-refractivity contribution < 1.29 is 26.3 Å². The summed E-state index contributed by atoms with van der Waals surface area (Å²) in [4.78, 5) is 0. The highest BCUT2D eigenvalue weighted by Crippen LogP contribution is 2.27. The SMILES string of the molecule is FC(F)(F)CCCC(F)(F)F.[Al]. The smallest absolute Gasteiger partial charge is 0.171 e. The average molecular weight is 207 g/mol. The second-order valence-corrected chi connectivity index (χ2v) is 2.08. The molecule has 0 saturated heterocycles. The third-order valence-corrected chi connectivity index (χ3v) is 0.921. The van der Waals surface area contributed by atoms with Gasteiger partial charge in [0.2, 0.25) is 0 Å². The highest BCUT2D eigenvalue weighted by molar-refractivity contribution is 5.75. The molecule has 0 bridgehead atoms. The first-order chi connectivity index (χ1) is 4.71. The van der Waals surface area contributed by atoms with Crippen molar-refractivity contribution in [3.05, 3.63) is 0 Å². The van der Waals surface area contributed by atoms with E-state index in [9.17, 15) is 26.3 Å². The molecule has 0 aromatic carbocycles. The van der Waals surface area contributed by atoms with E-state index >= 15 is 0 Å². The molecule has 0 aliphatic heterocycles. The molecule has 12 heavy (non-hydrogen) atoms. The van der Waals surface area contributed by atoms with Gasteiger partial charge in [-0.3, -0.25) is 0 Å². The van der Waals surface area contributed by atoms with Crippen LogP contribution in [0.25, 0.3) is 0 Å². The zero-order chi connectivity index (χ0) is 9.12. The maximum absolute atomic E-state index is 11.3. The molecule has 0 rings (SSSR count). The van der Waals surface area contributed by atoms with Crippen molar-refractivity contribution in [2.75, 3.05) is 0 Å². The molecule has 0 aliphatic rings. The lowest BCUT2D eigenvalue weighted by Gasteiger charge is -2.07. The van der Waals surface area contributed by atoms with Crippen LogP contribution in [0.5, 0.6) is 0 Å². The summed E-state index contributed by atoms with van der Waals surface area (Å²) >= 11 is 0. The van der Waals surface area contributed by atoms with Gasteiger partial charge in [0.25, 0.3) is 0 Å². The van der Waals surface area contributed by atoms with E-state index in [0.29, 0.717) is 0 Å². The minimum absolute atomic E-state index is 0. The molecular formula is C5H6AlF6. The Morgan fingerprint density at radius 1 is 0.667 bits per heavy atom. The summed E-state index contributed by atoms with van der Waals surface area (Å²) in [6.45, 7) is 0. The fourth-order valence-electron chi connectivity index (χ4n) is 0.489. The van der Waals surface area contributed by atoms with E-state index in [1.54, 1.807) is 0 Å². The monoisotopic (exact) mass is 207 g/mol. The van der Waals surface area contributed by atoms with Crippen molar-refractivity contribution in [3.8, 4) is 0 Å². The van der Waals surface area contributed by atoms with Crippen molar-refractivity contribution in [1.82, 2.24) is 0 Å². The molecule has 0 saturated carbocycles. The van der Waals surface area contributed by atoms with E-state index < -0.39 is 31.6 Å². The van der Waals surface area contributed by atoms with E-state index in [-0.39, 0.29) is 17.4 Å². The number of hydrogen-bond donors (Lipinski definition) is 0. The molecule has 0 aliphatic carbocycles. The van der Waals surface area contributed by atoms with Gasteiger partial charge in [-0.05, 0) is 6.42 Å². The quantitative estimate of drug-likeness (QED) is 0.482. The number of halogens is 6. The Balaban J connectivity index is 0. The van der Waals surface area contributed by atoms with Gasteiger partial charge in [-0.2, -0.15) is 26.3 Å². The number of hydrogen-bond acceptors (Lipinski definition) is 0. The van der Waals surface area contributed by atoms with Crippen LogP contribution in [0.1, 0.15) is 19.3 Å². The van der Waals surface area contributed by atoms with E-state index in [1.165, 1.54) is 0 Å². The standard InChI is InChI=1S/C5H6F6.Al/c6-4(7,8)2-1-3-5(9,10)11;/h1-3H2;. The molecule has 3 radical (unpaired) electrons. The Hall–Kier alpha value is 0.112. The Labute approximate surface area is 76.1 Å². The summed E-state index contributed by atoms with van der Waals surface area (Å²) in [5.41, 5.74) is 0. The summed E-state index contributed by atoms with van der Waals surface area (Å²) < 4.78 is 67.6. The minimum atomic E-state index is -4.48. The van der Waals surface area contributed by atoms with E-state index in [0.717, 1.165) is 0 Å². The molecule has 0 unspecified atom stereocenters. The topological polar surface area (TPSA) is 0 Å². The third kappa shape index (κ3) is 12.8. The zero-order valence-corrected chi connectivity index (χ0v) is 7.12. The lowest BCUT2D eigenvalue weighted by atomic mass is 10.2. The number of alkyl halides is 6. The van der Waals surface area contributed by atoms with Crippen LogP contribution >= 0.6 is 0 Å². The van der Waals surface area contributed by atoms with Crippen LogP contribution in [0.3, 0.4) is 0 Å². The molecule has 0 amide bonds. The van der Waals surface area contributed by atoms with Gasteiger partial charge in [-0.1, -0.05) is 0 Å². The summed E-state index contributed by atoms with van der Waals surface area (Å²) in [6.07, 6.45) is -12.6. The van der Waals surface area contributed by atoms with Crippen LogP contribution < -0.4 is 0 Å². The van der Waals surface area contributed by atoms with Crippen molar-refractivity contribution >= 4 is 17.4 Å². The summed E-state index contributed by atoms with van der Waals surface area (Å²) in [5.74, 6) is 0. The van der Waals surface area contributed by atoms with Gasteiger partial charge in [-0.15, -0.1) is 0 Å². The van der Waals surface area contributed by atoms with Gasteiger partial charge in [0.1, 0.15) is 0 Å². The largest absolute Gasteiger partial charge is 0.389 e. The predicted molar refractivity (Wildman–Crippen MR) is 31.7 cm³/mol. The molecule has 0 spiro atoms. The molecule has 71 valence electrons. The first-order valence-corrected chi connectivity index (χ1v) is 2.84. The van der Waals surface area contributed by atoms with Crippen molar-refractivity contribution in [1.29, 1.82) is 0 Å². The molecule has 0 aromatic heterocycles. The van der Waals surface area contributed by atoms with E-state index in [2.05, 4.69) is 0 Å². The van der Waals surface area contributed by atoms with Crippen LogP contribution in [-0.4, -0.2) is 29.7 Å². The lowest BCUT2D eigenvalue weighted by molar-refractivity contribution is -0.157. The molecule has 0 atom stereocenters. The highest BCUT2D eigenvalue weighted by atomic mass is 27.0. The second-order valence-electron chi connectivity index (χ2n) is 2.08. The van der Waals surface area contributed by atoms with Gasteiger partial charge < -0.3 is 0 Å². The Bertz CT molecular complexity index is 100. The number of rotatable bonds is 2. The molecule has 0 nitrogen and oxygen atoms in total. The summed E-state index contributed by atoms with van der Waals surface area (Å²) in [5, 5.41) is 0. The lowest BCUT2D eigenvalue weighted by Crippen LogP contribution is -2.11. The summed E-state index contributed by atoms with van der Waals surface area (Å²) in [7, 11) is 0. The van der Waals surface area contributed by atoms with E-state index in [4.69, 9.17) is 0 Å². The maximum Gasteiger partial charge on any atom is 0.389 e. The van der Waals surface area contributed by atoms with Crippen LogP contribution in [0.15, 0.2) is 0 Å². The molecular weight excluding hydrogens is 201 g/mol. The van der Waals surface area contributed by atoms with Crippen molar-refractivity contribution in [2.24, 2.45) is 0 Å². The first-order valence-electron chi connectivity index (χ1n) is 2.84.